The lowest BCUT2D eigenvalue weighted by Crippen LogP contribution is -2.57. The van der Waals surface area contributed by atoms with Crippen LogP contribution in [0.1, 0.15) is 61.6 Å². The number of amides is 2. The van der Waals surface area contributed by atoms with E-state index in [-0.39, 0.29) is 12.3 Å². The van der Waals surface area contributed by atoms with Gasteiger partial charge in [0.05, 0.1) is 24.6 Å². The second-order valence-electron chi connectivity index (χ2n) is 11.2. The molecule has 9 heteroatoms. The van der Waals surface area contributed by atoms with E-state index in [0.717, 1.165) is 22.2 Å². The van der Waals surface area contributed by atoms with E-state index in [2.05, 4.69) is 10.3 Å². The summed E-state index contributed by atoms with van der Waals surface area (Å²) >= 11 is 0. The van der Waals surface area contributed by atoms with Gasteiger partial charge >= 0.3 is 12.1 Å². The van der Waals surface area contributed by atoms with E-state index >= 15 is 0 Å². The third-order valence-corrected chi connectivity index (χ3v) is 6.90. The van der Waals surface area contributed by atoms with Gasteiger partial charge in [-0.15, -0.1) is 0 Å². The molecule has 0 unspecified atom stereocenters. The van der Waals surface area contributed by atoms with Crippen molar-refractivity contribution in [3.05, 3.63) is 71.4 Å². The lowest BCUT2D eigenvalue weighted by Gasteiger charge is -2.42. The highest BCUT2D eigenvalue weighted by Crippen LogP contribution is 2.28. The predicted molar refractivity (Wildman–Crippen MR) is 151 cm³/mol. The molecule has 0 radical (unpaired) electrons. The molecule has 0 bridgehead atoms. The van der Waals surface area contributed by atoms with Crippen molar-refractivity contribution in [2.75, 3.05) is 20.2 Å². The zero-order valence-electron chi connectivity index (χ0n) is 23.8. The first kappa shape index (κ1) is 28.9. The van der Waals surface area contributed by atoms with Crippen LogP contribution in [0.3, 0.4) is 0 Å². The van der Waals surface area contributed by atoms with Crippen LogP contribution in [0, 0.1) is 6.92 Å². The van der Waals surface area contributed by atoms with Crippen LogP contribution >= 0.6 is 0 Å². The number of hydrogen-bond donors (Lipinski definition) is 1. The zero-order chi connectivity index (χ0) is 28.9. The smallest absolute Gasteiger partial charge is 0.410 e. The zero-order valence-corrected chi connectivity index (χ0v) is 23.8. The van der Waals surface area contributed by atoms with Gasteiger partial charge in [-0.2, -0.15) is 0 Å². The van der Waals surface area contributed by atoms with Crippen molar-refractivity contribution < 1.29 is 28.6 Å². The van der Waals surface area contributed by atoms with Crippen LogP contribution in [0.4, 0.5) is 4.79 Å². The molecule has 1 aromatic heterocycles. The molecule has 4 rings (SSSR count). The van der Waals surface area contributed by atoms with E-state index < -0.39 is 23.2 Å². The minimum Gasteiger partial charge on any atom is -0.489 e. The van der Waals surface area contributed by atoms with Crippen LogP contribution in [0.25, 0.3) is 10.9 Å². The van der Waals surface area contributed by atoms with E-state index in [4.69, 9.17) is 14.2 Å². The Morgan fingerprint density at radius 3 is 2.35 bits per heavy atom. The Labute approximate surface area is 234 Å². The van der Waals surface area contributed by atoms with E-state index in [9.17, 15) is 14.4 Å². The number of nitrogens with one attached hydrogen (secondary N) is 1. The van der Waals surface area contributed by atoms with Crippen molar-refractivity contribution in [2.24, 2.45) is 0 Å². The van der Waals surface area contributed by atoms with Gasteiger partial charge in [0.1, 0.15) is 18.0 Å². The van der Waals surface area contributed by atoms with Crippen molar-refractivity contribution >= 4 is 28.9 Å². The van der Waals surface area contributed by atoms with E-state index in [1.165, 1.54) is 7.11 Å². The van der Waals surface area contributed by atoms with Gasteiger partial charge in [-0.3, -0.25) is 14.6 Å². The number of benzene rings is 2. The number of fused-ring (bicyclic) bond motifs is 1. The number of carbonyl (C=O) groups excluding carboxylic acids is 3. The van der Waals surface area contributed by atoms with Gasteiger partial charge in [-0.1, -0.05) is 18.2 Å². The molecule has 0 spiro atoms. The minimum absolute atomic E-state index is 0.0118. The number of hydrogen-bond acceptors (Lipinski definition) is 7. The normalized spacial score (nSPS) is 14.9. The summed E-state index contributed by atoms with van der Waals surface area (Å²) in [6.07, 6.45) is 0.398. The van der Waals surface area contributed by atoms with Crippen molar-refractivity contribution in [3.63, 3.8) is 0 Å². The van der Waals surface area contributed by atoms with Crippen molar-refractivity contribution in [1.29, 1.82) is 0 Å². The molecule has 0 saturated carbocycles. The molecular formula is C31H37N3O6. The number of esters is 1. The Balaban J connectivity index is 1.41. The number of aryl methyl sites for hydroxylation is 1. The third kappa shape index (κ3) is 7.28. The van der Waals surface area contributed by atoms with E-state index in [1.54, 1.807) is 29.2 Å². The molecule has 40 heavy (non-hydrogen) atoms. The maximum absolute atomic E-state index is 13.2. The summed E-state index contributed by atoms with van der Waals surface area (Å²) < 4.78 is 16.4. The number of pyridine rings is 1. The van der Waals surface area contributed by atoms with Crippen LogP contribution in [0.5, 0.6) is 5.75 Å². The summed E-state index contributed by atoms with van der Waals surface area (Å²) in [6.45, 7) is 8.46. The average Bonchev–Trinajstić information content (AvgIpc) is 2.91. The second kappa shape index (κ2) is 11.9. The lowest BCUT2D eigenvalue weighted by atomic mass is 9.84. The molecule has 212 valence electrons. The van der Waals surface area contributed by atoms with Gasteiger partial charge in [0.25, 0.3) is 5.91 Å². The van der Waals surface area contributed by atoms with Crippen LogP contribution in [-0.4, -0.2) is 59.2 Å². The molecule has 9 nitrogen and oxygen atoms in total. The molecular weight excluding hydrogens is 510 g/mol. The molecule has 3 aromatic rings. The third-order valence-electron chi connectivity index (χ3n) is 6.90. The van der Waals surface area contributed by atoms with Gasteiger partial charge in [0.2, 0.25) is 0 Å². The molecule has 0 atom stereocenters. The number of ether oxygens (including phenoxy) is 3. The van der Waals surface area contributed by atoms with Gasteiger partial charge in [0.15, 0.2) is 0 Å². The summed E-state index contributed by atoms with van der Waals surface area (Å²) in [7, 11) is 1.32. The molecule has 1 saturated heterocycles. The molecule has 2 aromatic carbocycles. The standard InChI is InChI=1S/C31H37N3O6/c1-21-18-23(25-8-6-7-9-26(25)32-21)20-39-24-12-10-22(11-13-24)28(36)33-31(19-27(35)38-5)14-16-34(17-15-31)29(37)40-30(2,3)4/h6-13,18H,14-17,19-20H2,1-5H3,(H,33,36). The van der Waals surface area contributed by atoms with Crippen molar-refractivity contribution in [2.45, 2.75) is 64.7 Å². The maximum Gasteiger partial charge on any atom is 0.410 e. The average molecular weight is 548 g/mol. The summed E-state index contributed by atoms with van der Waals surface area (Å²) in [5.41, 5.74) is 1.88. The highest BCUT2D eigenvalue weighted by atomic mass is 16.6. The van der Waals surface area contributed by atoms with Gasteiger partial charge < -0.3 is 24.4 Å². The Morgan fingerprint density at radius 2 is 1.70 bits per heavy atom. The number of para-hydroxylation sites is 1. The van der Waals surface area contributed by atoms with Gasteiger partial charge in [-0.05, 0) is 76.9 Å². The molecule has 2 amide bonds. The van der Waals surface area contributed by atoms with Crippen molar-refractivity contribution in [3.8, 4) is 5.75 Å². The Morgan fingerprint density at radius 1 is 1.02 bits per heavy atom. The SMILES string of the molecule is COC(=O)CC1(NC(=O)c2ccc(OCc3cc(C)nc4ccccc34)cc2)CCN(C(=O)OC(C)(C)C)CC1. The minimum atomic E-state index is -0.835. The van der Waals surface area contributed by atoms with Gasteiger partial charge in [-0.25, -0.2) is 4.79 Å². The number of aromatic nitrogens is 1. The topological polar surface area (TPSA) is 107 Å². The second-order valence-corrected chi connectivity index (χ2v) is 11.2. The number of piperidine rings is 1. The van der Waals surface area contributed by atoms with Gasteiger partial charge in [0, 0.05) is 35.3 Å². The highest BCUT2D eigenvalue weighted by Gasteiger charge is 2.40. The molecule has 1 aliphatic rings. The summed E-state index contributed by atoms with van der Waals surface area (Å²) in [6, 6.07) is 16.9. The monoisotopic (exact) mass is 547 g/mol. The Kier molecular flexibility index (Phi) is 8.61. The van der Waals surface area contributed by atoms with Crippen LogP contribution < -0.4 is 10.1 Å². The van der Waals surface area contributed by atoms with E-state index in [1.807, 2.05) is 58.0 Å². The summed E-state index contributed by atoms with van der Waals surface area (Å²) in [5, 5.41) is 4.10. The molecule has 1 N–H and O–H groups in total. The fourth-order valence-corrected chi connectivity index (χ4v) is 4.83. The fourth-order valence-electron chi connectivity index (χ4n) is 4.83. The summed E-state index contributed by atoms with van der Waals surface area (Å²) in [5.74, 6) is -0.101. The first-order valence-corrected chi connectivity index (χ1v) is 13.4. The van der Waals surface area contributed by atoms with E-state index in [0.29, 0.717) is 43.9 Å². The Hall–Kier alpha value is -4.14. The molecule has 2 heterocycles. The van der Waals surface area contributed by atoms with Crippen LogP contribution in [0.2, 0.25) is 0 Å². The molecule has 0 aliphatic carbocycles. The predicted octanol–water partition coefficient (Wildman–Crippen LogP) is 5.18. The Bertz CT molecular complexity index is 1370. The van der Waals surface area contributed by atoms with Crippen LogP contribution in [-0.2, 0) is 20.9 Å². The number of carbonyl (C=O) groups is 3. The first-order valence-electron chi connectivity index (χ1n) is 13.4. The number of methoxy groups -OCH3 is 1. The molecule has 1 fully saturated rings. The summed E-state index contributed by atoms with van der Waals surface area (Å²) in [4.78, 5) is 44.2. The van der Waals surface area contributed by atoms with Crippen molar-refractivity contribution in [1.82, 2.24) is 15.2 Å². The fraction of sp³-hybridized carbons (Fsp3) is 0.419. The van der Waals surface area contributed by atoms with Crippen LogP contribution in [0.15, 0.2) is 54.6 Å². The highest BCUT2D eigenvalue weighted by molar-refractivity contribution is 5.95. The maximum atomic E-state index is 13.2. The number of likely N-dealkylation sites (tertiary alicyclic amines) is 1. The lowest BCUT2D eigenvalue weighted by molar-refractivity contribution is -0.142. The number of nitrogens with zero attached hydrogens (tertiary/aromatic N) is 2. The number of rotatable bonds is 7. The molecule has 1 aliphatic heterocycles. The quantitative estimate of drug-likeness (QED) is 0.406. The largest absolute Gasteiger partial charge is 0.489 e. The first-order chi connectivity index (χ1) is 19.0.